The van der Waals surface area contributed by atoms with E-state index in [0.717, 1.165) is 28.4 Å². The number of benzene rings is 2. The van der Waals surface area contributed by atoms with Gasteiger partial charge < -0.3 is 20.8 Å². The summed E-state index contributed by atoms with van der Waals surface area (Å²) in [4.78, 5) is 1.03. The van der Waals surface area contributed by atoms with Crippen LogP contribution in [0.4, 0.5) is 5.69 Å². The van der Waals surface area contributed by atoms with Crippen LogP contribution in [0.2, 0.25) is 0 Å². The summed E-state index contributed by atoms with van der Waals surface area (Å²) in [5, 5.41) is 27.2. The summed E-state index contributed by atoms with van der Waals surface area (Å²) < 4.78 is 0. The van der Waals surface area contributed by atoms with Crippen LogP contribution in [-0.4, -0.2) is 28.2 Å². The van der Waals surface area contributed by atoms with Crippen LogP contribution in [-0.2, 0) is 6.42 Å². The highest BCUT2D eigenvalue weighted by molar-refractivity contribution is 8.00. The first-order chi connectivity index (χ1) is 11.4. The first-order valence-electron chi connectivity index (χ1n) is 8.15. The number of aromatic hydroxyl groups is 1. The molecule has 0 saturated heterocycles. The van der Waals surface area contributed by atoms with Crippen molar-refractivity contribution in [2.24, 2.45) is 0 Å². The van der Waals surface area contributed by atoms with Crippen molar-refractivity contribution in [3.8, 4) is 5.75 Å². The minimum Gasteiger partial charge on any atom is -0.508 e. The molecule has 1 aliphatic rings. The third-order valence-electron chi connectivity index (χ3n) is 4.20. The Morgan fingerprint density at radius 3 is 2.75 bits per heavy atom. The van der Waals surface area contributed by atoms with E-state index in [0.29, 0.717) is 6.54 Å². The van der Waals surface area contributed by atoms with Crippen molar-refractivity contribution in [2.75, 3.05) is 17.7 Å². The zero-order valence-electron chi connectivity index (χ0n) is 14.0. The monoisotopic (exact) mass is 344 g/mol. The van der Waals surface area contributed by atoms with Gasteiger partial charge in [0.1, 0.15) is 5.75 Å². The number of fused-ring (bicyclic) bond motifs is 1. The average Bonchev–Trinajstić information content (AvgIpc) is 3.00. The molecule has 2 aromatic carbocycles. The SMILES string of the molecule is CC(C)(Cc1ccccc1)NCC(O)c1cc(O)cc2c1SCN2. The van der Waals surface area contributed by atoms with E-state index >= 15 is 0 Å². The summed E-state index contributed by atoms with van der Waals surface area (Å²) in [7, 11) is 0. The quantitative estimate of drug-likeness (QED) is 0.646. The van der Waals surface area contributed by atoms with Crippen LogP contribution in [0, 0.1) is 0 Å². The van der Waals surface area contributed by atoms with Crippen molar-refractivity contribution in [1.82, 2.24) is 5.32 Å². The summed E-state index contributed by atoms with van der Waals surface area (Å²) >= 11 is 1.66. The molecule has 0 fully saturated rings. The van der Waals surface area contributed by atoms with Gasteiger partial charge in [0, 0.05) is 28.6 Å². The van der Waals surface area contributed by atoms with E-state index in [4.69, 9.17) is 0 Å². The molecular weight excluding hydrogens is 320 g/mol. The number of phenols is 1. The Bertz CT molecular complexity index is 704. The highest BCUT2D eigenvalue weighted by atomic mass is 32.2. The lowest BCUT2D eigenvalue weighted by Crippen LogP contribution is -2.43. The van der Waals surface area contributed by atoms with Crippen molar-refractivity contribution >= 4 is 17.4 Å². The van der Waals surface area contributed by atoms with Gasteiger partial charge >= 0.3 is 0 Å². The molecule has 0 radical (unpaired) electrons. The molecule has 3 rings (SSSR count). The van der Waals surface area contributed by atoms with E-state index in [1.165, 1.54) is 5.56 Å². The van der Waals surface area contributed by atoms with Crippen molar-refractivity contribution in [3.63, 3.8) is 0 Å². The van der Waals surface area contributed by atoms with Crippen LogP contribution >= 0.6 is 11.8 Å². The van der Waals surface area contributed by atoms with Gasteiger partial charge in [-0.2, -0.15) is 0 Å². The molecule has 4 N–H and O–H groups in total. The second-order valence-electron chi connectivity index (χ2n) is 6.82. The first-order valence-corrected chi connectivity index (χ1v) is 9.14. The molecule has 1 aliphatic heterocycles. The standard InChI is InChI=1S/C19H24N2O2S/c1-19(2,10-13-6-4-3-5-7-13)21-11-17(23)15-8-14(22)9-16-18(15)24-12-20-16/h3-9,17,20-23H,10-12H2,1-2H3. The van der Waals surface area contributed by atoms with E-state index in [1.54, 1.807) is 23.9 Å². The van der Waals surface area contributed by atoms with E-state index in [-0.39, 0.29) is 11.3 Å². The lowest BCUT2D eigenvalue weighted by atomic mass is 9.94. The lowest BCUT2D eigenvalue weighted by molar-refractivity contribution is 0.158. The Morgan fingerprint density at radius 2 is 2.00 bits per heavy atom. The minimum atomic E-state index is -0.659. The van der Waals surface area contributed by atoms with Crippen molar-refractivity contribution in [1.29, 1.82) is 0 Å². The Hall–Kier alpha value is -1.69. The molecule has 1 unspecified atom stereocenters. The summed E-state index contributed by atoms with van der Waals surface area (Å²) in [6.07, 6.45) is 0.225. The van der Waals surface area contributed by atoms with Crippen molar-refractivity contribution in [3.05, 3.63) is 53.6 Å². The summed E-state index contributed by atoms with van der Waals surface area (Å²) in [5.41, 5.74) is 2.82. The number of thioether (sulfide) groups is 1. The number of aliphatic hydroxyl groups excluding tert-OH is 1. The average molecular weight is 344 g/mol. The highest BCUT2D eigenvalue weighted by Gasteiger charge is 2.24. The van der Waals surface area contributed by atoms with E-state index in [9.17, 15) is 10.2 Å². The third kappa shape index (κ3) is 4.04. The van der Waals surface area contributed by atoms with E-state index in [2.05, 4.69) is 36.6 Å². The molecule has 0 bridgehead atoms. The molecule has 0 aromatic heterocycles. The molecule has 2 aromatic rings. The van der Waals surface area contributed by atoms with Gasteiger partial charge in [0.2, 0.25) is 0 Å². The summed E-state index contributed by atoms with van der Waals surface area (Å²) in [6.45, 7) is 4.71. The number of anilines is 1. The molecule has 24 heavy (non-hydrogen) atoms. The number of rotatable bonds is 6. The normalized spacial score (nSPS) is 15.0. The predicted octanol–water partition coefficient (Wildman–Crippen LogP) is 3.51. The number of β-amino-alcohol motifs (C(OH)–C–C–N with tert-alkyl or cyclic N) is 1. The smallest absolute Gasteiger partial charge is 0.118 e. The van der Waals surface area contributed by atoms with Crippen LogP contribution in [0.1, 0.15) is 31.1 Å². The predicted molar refractivity (Wildman–Crippen MR) is 99.6 cm³/mol. The van der Waals surface area contributed by atoms with Crippen LogP contribution in [0.3, 0.4) is 0 Å². The molecule has 1 atom stereocenters. The third-order valence-corrected chi connectivity index (χ3v) is 5.24. The van der Waals surface area contributed by atoms with Gasteiger partial charge in [0.05, 0.1) is 17.7 Å². The lowest BCUT2D eigenvalue weighted by Gasteiger charge is -2.28. The fraction of sp³-hybridized carbons (Fsp3) is 0.368. The van der Waals surface area contributed by atoms with Gasteiger partial charge in [-0.1, -0.05) is 30.3 Å². The zero-order chi connectivity index (χ0) is 17.2. The molecule has 4 nitrogen and oxygen atoms in total. The number of hydrogen-bond donors (Lipinski definition) is 4. The first kappa shape index (κ1) is 17.1. The van der Waals surface area contributed by atoms with Crippen LogP contribution in [0.15, 0.2) is 47.4 Å². The Morgan fingerprint density at radius 1 is 1.25 bits per heavy atom. The Kier molecular flexibility index (Phi) is 5.04. The second-order valence-corrected chi connectivity index (χ2v) is 7.81. The largest absolute Gasteiger partial charge is 0.508 e. The summed E-state index contributed by atoms with van der Waals surface area (Å²) in [5.74, 6) is 0.951. The van der Waals surface area contributed by atoms with Gasteiger partial charge in [-0.25, -0.2) is 0 Å². The minimum absolute atomic E-state index is 0.131. The maximum absolute atomic E-state index is 10.6. The topological polar surface area (TPSA) is 64.5 Å². The van der Waals surface area contributed by atoms with Gasteiger partial charge in [-0.3, -0.25) is 0 Å². The maximum atomic E-state index is 10.6. The van der Waals surface area contributed by atoms with Crippen molar-refractivity contribution in [2.45, 2.75) is 36.8 Å². The van der Waals surface area contributed by atoms with E-state index in [1.807, 2.05) is 18.2 Å². The number of phenolic OH excluding ortho intramolecular Hbond substituents is 1. The fourth-order valence-corrected chi connectivity index (χ4v) is 4.03. The van der Waals surface area contributed by atoms with Crippen LogP contribution in [0.5, 0.6) is 5.75 Å². The second kappa shape index (κ2) is 7.05. The number of aliphatic hydroxyl groups is 1. The van der Waals surface area contributed by atoms with Crippen LogP contribution < -0.4 is 10.6 Å². The van der Waals surface area contributed by atoms with Crippen molar-refractivity contribution < 1.29 is 10.2 Å². The molecule has 0 spiro atoms. The van der Waals surface area contributed by atoms with Gasteiger partial charge in [0.25, 0.3) is 0 Å². The highest BCUT2D eigenvalue weighted by Crippen LogP contribution is 2.41. The fourth-order valence-electron chi connectivity index (χ4n) is 3.01. The molecule has 128 valence electrons. The van der Waals surface area contributed by atoms with Gasteiger partial charge in [-0.05, 0) is 31.9 Å². The van der Waals surface area contributed by atoms with Gasteiger partial charge in [-0.15, -0.1) is 11.8 Å². The molecule has 0 saturated carbocycles. The zero-order valence-corrected chi connectivity index (χ0v) is 14.9. The Labute approximate surface area is 147 Å². The van der Waals surface area contributed by atoms with E-state index < -0.39 is 6.10 Å². The number of hydrogen-bond acceptors (Lipinski definition) is 5. The van der Waals surface area contributed by atoms with Gasteiger partial charge in [0.15, 0.2) is 0 Å². The molecular formula is C19H24N2O2S. The Balaban J connectivity index is 1.66. The molecule has 5 heteroatoms. The summed E-state index contributed by atoms with van der Waals surface area (Å²) in [6, 6.07) is 13.7. The number of nitrogens with one attached hydrogen (secondary N) is 2. The van der Waals surface area contributed by atoms with Crippen LogP contribution in [0.25, 0.3) is 0 Å². The maximum Gasteiger partial charge on any atom is 0.118 e. The molecule has 1 heterocycles. The molecule has 0 amide bonds. The molecule has 0 aliphatic carbocycles.